The predicted octanol–water partition coefficient (Wildman–Crippen LogP) is 12.2. The molecule has 4 N–H and O–H groups in total. The van der Waals surface area contributed by atoms with Crippen LogP contribution in [0, 0.1) is 0 Å². The highest BCUT2D eigenvalue weighted by molar-refractivity contribution is 6.04. The van der Waals surface area contributed by atoms with Gasteiger partial charge in [0.05, 0.1) is 45.7 Å². The molecule has 0 aromatic heterocycles. The molecule has 0 radical (unpaired) electrons. The molecule has 4 amide bonds. The zero-order valence-corrected chi connectivity index (χ0v) is 45.3. The lowest BCUT2D eigenvalue weighted by molar-refractivity contribution is -0.141. The Balaban J connectivity index is 1.09. The average Bonchev–Trinajstić information content (AvgIpc) is 3.49. The molecule has 2 aliphatic rings. The summed E-state index contributed by atoms with van der Waals surface area (Å²) in [7, 11) is 7.30. The first-order valence-corrected chi connectivity index (χ1v) is 26.3. The molecule has 422 valence electrons. The van der Waals surface area contributed by atoms with Crippen LogP contribution in [0.2, 0.25) is 0 Å². The number of nitrogens with two attached hydrogens (primary N) is 2. The molecule has 0 spiro atoms. The number of urea groups is 2. The van der Waals surface area contributed by atoms with E-state index in [-0.39, 0.29) is 60.2 Å². The first kappa shape index (κ1) is 60.2. The zero-order chi connectivity index (χ0) is 56.9. The summed E-state index contributed by atoms with van der Waals surface area (Å²) in [5.74, 6) is -1.38. The fourth-order valence-electron chi connectivity index (χ4n) is 9.76. The third-order valence-electron chi connectivity index (χ3n) is 13.9. The summed E-state index contributed by atoms with van der Waals surface area (Å²) in [5.41, 5.74) is 12.8. The van der Waals surface area contributed by atoms with Crippen molar-refractivity contribution in [3.05, 3.63) is 142 Å². The summed E-state index contributed by atoms with van der Waals surface area (Å²) in [4.78, 5) is 66.4. The number of anilines is 4. The normalized spacial score (nSPS) is 16.5. The number of hydrogen-bond donors (Lipinski definition) is 2. The lowest BCUT2D eigenvalue weighted by Crippen LogP contribution is -2.51. The molecule has 0 bridgehead atoms. The van der Waals surface area contributed by atoms with Gasteiger partial charge in [-0.2, -0.15) is 26.3 Å². The Kier molecular flexibility index (Phi) is 20.8. The van der Waals surface area contributed by atoms with E-state index in [1.807, 2.05) is 38.0 Å². The molecule has 6 rings (SSSR count). The molecule has 4 aromatic carbocycles. The van der Waals surface area contributed by atoms with Gasteiger partial charge < -0.3 is 40.5 Å². The van der Waals surface area contributed by atoms with E-state index in [9.17, 15) is 45.5 Å². The molecule has 0 unspecified atom stereocenters. The van der Waals surface area contributed by atoms with Crippen LogP contribution in [0.15, 0.2) is 120 Å². The number of rotatable bonds is 25. The molecular formula is C58H72F6N8O6. The van der Waals surface area contributed by atoms with Crippen LogP contribution in [0.3, 0.4) is 0 Å². The minimum Gasteiger partial charge on any atom is -0.461 e. The van der Waals surface area contributed by atoms with Crippen molar-refractivity contribution in [3.8, 4) is 0 Å². The van der Waals surface area contributed by atoms with Crippen LogP contribution in [0.1, 0.15) is 112 Å². The summed E-state index contributed by atoms with van der Waals surface area (Å²) in [6.07, 6.45) is -1.53. The van der Waals surface area contributed by atoms with Crippen molar-refractivity contribution in [1.29, 1.82) is 0 Å². The Morgan fingerprint density at radius 2 is 0.833 bits per heavy atom. The highest BCUT2D eigenvalue weighted by Crippen LogP contribution is 2.44. The Bertz CT molecular complexity index is 2580. The topological polar surface area (TPSA) is 158 Å². The molecule has 0 saturated carbocycles. The molecule has 14 nitrogen and oxygen atoms in total. The van der Waals surface area contributed by atoms with Gasteiger partial charge >= 0.3 is 36.4 Å². The number of halogens is 6. The van der Waals surface area contributed by atoms with Gasteiger partial charge in [0.25, 0.3) is 0 Å². The Morgan fingerprint density at radius 3 is 1.14 bits per heavy atom. The summed E-state index contributed by atoms with van der Waals surface area (Å²) >= 11 is 0. The third-order valence-corrected chi connectivity index (χ3v) is 13.9. The van der Waals surface area contributed by atoms with Crippen molar-refractivity contribution in [2.24, 2.45) is 0 Å². The minimum absolute atomic E-state index is 0.0377. The smallest absolute Gasteiger partial charge is 0.416 e. The Hall–Kier alpha value is -7.06. The van der Waals surface area contributed by atoms with Crippen molar-refractivity contribution in [2.75, 3.05) is 88.9 Å². The maximum absolute atomic E-state index is 14.6. The highest BCUT2D eigenvalue weighted by atomic mass is 19.4. The van der Waals surface area contributed by atoms with Crippen molar-refractivity contribution in [1.82, 2.24) is 19.6 Å². The van der Waals surface area contributed by atoms with Crippen molar-refractivity contribution in [2.45, 2.75) is 102 Å². The van der Waals surface area contributed by atoms with Gasteiger partial charge in [0, 0.05) is 48.9 Å². The van der Waals surface area contributed by atoms with Crippen LogP contribution in [0.25, 0.3) is 0 Å². The van der Waals surface area contributed by atoms with E-state index >= 15 is 0 Å². The molecule has 2 atom stereocenters. The SMILES string of the molecule is CC1=C(C(=O)OCCN(C)C)[C@@H](c2ccc(N)cc2)N(CCCCCCCCCCCCN2C(=O)N(c3cccc(C(F)(F)F)c3)C(C)=C(C(=O)OCCN(C)C)[C@H]2c2ccc(N)cc2)C(=O)N1c1cccc(C(F)(F)F)c1. The largest absolute Gasteiger partial charge is 0.461 e. The van der Waals surface area contributed by atoms with E-state index in [2.05, 4.69) is 0 Å². The molecule has 0 saturated heterocycles. The maximum Gasteiger partial charge on any atom is 0.416 e. The number of nitrogen functional groups attached to an aromatic ring is 2. The average molecular weight is 1090 g/mol. The number of allylic oxidation sites excluding steroid dienone is 2. The van der Waals surface area contributed by atoms with Crippen LogP contribution in [-0.2, 0) is 31.4 Å². The monoisotopic (exact) mass is 1090 g/mol. The quantitative estimate of drug-likeness (QED) is 0.0283. The Morgan fingerprint density at radius 1 is 0.513 bits per heavy atom. The molecule has 0 fully saturated rings. The number of unbranched alkanes of at least 4 members (excludes halogenated alkanes) is 9. The number of nitrogens with zero attached hydrogens (tertiary/aromatic N) is 6. The first-order chi connectivity index (χ1) is 37.0. The number of carbonyl (C=O) groups is 4. The molecule has 2 aliphatic heterocycles. The van der Waals surface area contributed by atoms with Gasteiger partial charge in [0.2, 0.25) is 0 Å². The molecule has 0 aliphatic carbocycles. The number of benzene rings is 4. The van der Waals surface area contributed by atoms with E-state index in [1.54, 1.807) is 62.4 Å². The van der Waals surface area contributed by atoms with Gasteiger partial charge in [-0.3, -0.25) is 9.80 Å². The minimum atomic E-state index is -4.68. The van der Waals surface area contributed by atoms with Gasteiger partial charge in [-0.15, -0.1) is 0 Å². The van der Waals surface area contributed by atoms with Gasteiger partial charge in [-0.05, 0) is 127 Å². The van der Waals surface area contributed by atoms with Crippen LogP contribution < -0.4 is 21.3 Å². The number of likely N-dealkylation sites (N-methyl/N-ethyl adjacent to an activating group) is 2. The zero-order valence-electron chi connectivity index (χ0n) is 45.3. The van der Waals surface area contributed by atoms with Crippen molar-refractivity contribution < 1.29 is 55.0 Å². The predicted molar refractivity (Wildman–Crippen MR) is 290 cm³/mol. The van der Waals surface area contributed by atoms with E-state index in [0.29, 0.717) is 48.4 Å². The second-order valence-electron chi connectivity index (χ2n) is 20.3. The number of alkyl halides is 6. The van der Waals surface area contributed by atoms with Gasteiger partial charge in [0.1, 0.15) is 13.2 Å². The van der Waals surface area contributed by atoms with Gasteiger partial charge in [-0.1, -0.05) is 87.8 Å². The van der Waals surface area contributed by atoms with Gasteiger partial charge in [-0.25, -0.2) is 19.2 Å². The number of ether oxygens (including phenoxy) is 2. The second kappa shape index (κ2) is 27.0. The van der Waals surface area contributed by atoms with E-state index < -0.39 is 59.6 Å². The van der Waals surface area contributed by atoms with E-state index in [4.69, 9.17) is 20.9 Å². The highest BCUT2D eigenvalue weighted by Gasteiger charge is 2.45. The van der Waals surface area contributed by atoms with Crippen LogP contribution in [0.4, 0.5) is 58.7 Å². The van der Waals surface area contributed by atoms with Crippen LogP contribution in [0.5, 0.6) is 0 Å². The molecule has 20 heteroatoms. The third kappa shape index (κ3) is 15.4. The molecule has 2 heterocycles. The number of esters is 2. The lowest BCUT2D eigenvalue weighted by Gasteiger charge is -2.43. The van der Waals surface area contributed by atoms with E-state index in [1.165, 1.54) is 34.1 Å². The summed E-state index contributed by atoms with van der Waals surface area (Å²) in [5, 5.41) is 0. The first-order valence-electron chi connectivity index (χ1n) is 26.3. The summed E-state index contributed by atoms with van der Waals surface area (Å²) < 4.78 is 95.3. The number of hydrogen-bond acceptors (Lipinski definition) is 10. The summed E-state index contributed by atoms with van der Waals surface area (Å²) in [6, 6.07) is 19.5. The fraction of sp³-hybridized carbons (Fsp3) is 0.448. The van der Waals surface area contributed by atoms with Crippen molar-refractivity contribution in [3.63, 3.8) is 0 Å². The molecule has 4 aromatic rings. The molecule has 78 heavy (non-hydrogen) atoms. The van der Waals surface area contributed by atoms with Gasteiger partial charge in [0.15, 0.2) is 0 Å². The maximum atomic E-state index is 14.6. The molecular weight excluding hydrogens is 1020 g/mol. The van der Waals surface area contributed by atoms with E-state index in [0.717, 1.165) is 85.4 Å². The lowest BCUT2D eigenvalue weighted by atomic mass is 9.92. The second-order valence-corrected chi connectivity index (χ2v) is 20.3. The van der Waals surface area contributed by atoms with Crippen LogP contribution >= 0.6 is 0 Å². The summed E-state index contributed by atoms with van der Waals surface area (Å²) in [6.45, 7) is 4.40. The van der Waals surface area contributed by atoms with Crippen molar-refractivity contribution >= 4 is 46.8 Å². The number of amides is 4. The van der Waals surface area contributed by atoms with Crippen LogP contribution in [-0.4, -0.2) is 111 Å². The number of carbonyl (C=O) groups excluding carboxylic acids is 4. The standard InChI is InChI=1S/C58H72F6N8O6/c1-39-49(53(73)77-35-33-67(3)4)51(41-23-27-45(65)28-24-41)69(55(75)71(39)47-21-17-19-43(37-47)57(59,60)61)31-15-13-11-9-7-8-10-12-14-16-32-70-52(42-25-29-46(66)30-26-42)50(54(74)78-36-34-68(5)6)40(2)72(56(70)76)48-22-18-20-44(38-48)58(62,63)64/h17-30,37-38,51-52H,7-16,31-36,65-66H2,1-6H3/t51-,52-/m1/s1. The Labute approximate surface area is 453 Å². The fourth-order valence-corrected chi connectivity index (χ4v) is 9.76.